The molecule has 0 aromatic heterocycles. The van der Waals surface area contributed by atoms with Crippen molar-refractivity contribution in [3.8, 4) is 0 Å². The fraction of sp³-hybridized carbons (Fsp3) is 0.804. The summed E-state index contributed by atoms with van der Waals surface area (Å²) in [6.07, 6.45) is 38.0. The van der Waals surface area contributed by atoms with Crippen LogP contribution >= 0.6 is 0 Å². The van der Waals surface area contributed by atoms with E-state index >= 15 is 0 Å². The van der Waals surface area contributed by atoms with Gasteiger partial charge >= 0.3 is 18.1 Å². The van der Waals surface area contributed by atoms with E-state index in [9.17, 15) is 14.4 Å². The molecule has 0 rings (SSSR count). The van der Waals surface area contributed by atoms with Gasteiger partial charge in [-0.1, -0.05) is 83.2 Å². The minimum absolute atomic E-state index is 0.219. The number of ether oxygens (including phenoxy) is 8. The number of esters is 2. The first kappa shape index (κ1) is 65.0. The van der Waals surface area contributed by atoms with Gasteiger partial charge in [0.1, 0.15) is 6.10 Å². The summed E-state index contributed by atoms with van der Waals surface area (Å²) < 4.78 is 46.6. The molecule has 0 spiro atoms. The van der Waals surface area contributed by atoms with E-state index in [-0.39, 0.29) is 50.7 Å². The predicted molar refractivity (Wildman–Crippen MR) is 277 cm³/mol. The van der Waals surface area contributed by atoms with Gasteiger partial charge < -0.3 is 42.8 Å². The van der Waals surface area contributed by atoms with Crippen molar-refractivity contribution in [2.24, 2.45) is 0 Å². The van der Waals surface area contributed by atoms with E-state index in [4.69, 9.17) is 37.9 Å². The lowest BCUT2D eigenvalue weighted by Gasteiger charge is -2.19. The molecular formula is C56H101NO11. The number of carbonyl (C=O) groups is 3. The zero-order valence-corrected chi connectivity index (χ0v) is 44.2. The van der Waals surface area contributed by atoms with Crippen LogP contribution in [0.1, 0.15) is 208 Å². The third-order valence-corrected chi connectivity index (χ3v) is 11.1. The fourth-order valence-corrected chi connectivity index (χ4v) is 6.90. The van der Waals surface area contributed by atoms with Gasteiger partial charge in [0.2, 0.25) is 0 Å². The lowest BCUT2D eigenvalue weighted by molar-refractivity contribution is -0.159. The molecule has 0 aromatic carbocycles. The summed E-state index contributed by atoms with van der Waals surface area (Å²) in [5.41, 5.74) is 0. The highest BCUT2D eigenvalue weighted by molar-refractivity contribution is 5.69. The van der Waals surface area contributed by atoms with Gasteiger partial charge in [0, 0.05) is 45.8 Å². The molecule has 68 heavy (non-hydrogen) atoms. The largest absolute Gasteiger partial charge is 0.508 e. The van der Waals surface area contributed by atoms with Crippen LogP contribution in [0, 0.1) is 0 Å². The molecule has 0 saturated heterocycles. The molecule has 0 aliphatic rings. The van der Waals surface area contributed by atoms with E-state index in [1.807, 2.05) is 7.05 Å². The Kier molecular flexibility index (Phi) is 49.5. The summed E-state index contributed by atoms with van der Waals surface area (Å²) in [6, 6.07) is 0. The Morgan fingerprint density at radius 2 is 0.765 bits per heavy atom. The maximum atomic E-state index is 12.7. The highest BCUT2D eigenvalue weighted by atomic mass is 16.7. The second-order valence-electron chi connectivity index (χ2n) is 17.4. The van der Waals surface area contributed by atoms with E-state index in [0.717, 1.165) is 122 Å². The van der Waals surface area contributed by atoms with Crippen LogP contribution in [0.15, 0.2) is 48.6 Å². The van der Waals surface area contributed by atoms with E-state index in [2.05, 4.69) is 88.1 Å². The van der Waals surface area contributed by atoms with Crippen LogP contribution in [0.25, 0.3) is 0 Å². The molecule has 0 bridgehead atoms. The Bertz CT molecular complexity index is 1130. The van der Waals surface area contributed by atoms with Crippen LogP contribution in [0.2, 0.25) is 0 Å². The first-order valence-electron chi connectivity index (χ1n) is 27.2. The lowest BCUT2D eigenvalue weighted by atomic mass is 10.1. The Morgan fingerprint density at radius 3 is 1.12 bits per heavy atom. The van der Waals surface area contributed by atoms with Crippen molar-refractivity contribution in [3.63, 3.8) is 0 Å². The summed E-state index contributed by atoms with van der Waals surface area (Å²) in [7, 11) is 2.03. The van der Waals surface area contributed by atoms with Crippen LogP contribution in [0.4, 0.5) is 4.79 Å². The van der Waals surface area contributed by atoms with Crippen LogP contribution in [-0.2, 0) is 47.5 Å². The zero-order chi connectivity index (χ0) is 49.8. The summed E-state index contributed by atoms with van der Waals surface area (Å²) in [6.45, 7) is 15.6. The number of hydrogen-bond acceptors (Lipinski definition) is 12. The predicted octanol–water partition coefficient (Wildman–Crippen LogP) is 14.1. The number of hydrogen-bond donors (Lipinski definition) is 0. The summed E-state index contributed by atoms with van der Waals surface area (Å²) in [5, 5.41) is 0. The van der Waals surface area contributed by atoms with Crippen LogP contribution in [-0.4, -0.2) is 108 Å². The average molecular weight is 964 g/mol. The molecule has 0 unspecified atom stereocenters. The quantitative estimate of drug-likeness (QED) is 0.0189. The van der Waals surface area contributed by atoms with Gasteiger partial charge in [-0.15, -0.1) is 0 Å². The zero-order valence-electron chi connectivity index (χ0n) is 44.2. The van der Waals surface area contributed by atoms with Crippen molar-refractivity contribution >= 4 is 18.1 Å². The first-order valence-corrected chi connectivity index (χ1v) is 27.2. The molecule has 0 atom stereocenters. The summed E-state index contributed by atoms with van der Waals surface area (Å²) in [4.78, 5) is 40.3. The Labute approximate surface area is 415 Å². The summed E-state index contributed by atoms with van der Waals surface area (Å²) in [5.74, 6) is -0.548. The molecular weight excluding hydrogens is 863 g/mol. The topological polar surface area (TPSA) is 128 Å². The smallest absolute Gasteiger partial charge is 0.466 e. The second-order valence-corrected chi connectivity index (χ2v) is 17.4. The molecule has 12 nitrogen and oxygen atoms in total. The monoisotopic (exact) mass is 964 g/mol. The molecule has 0 saturated carbocycles. The van der Waals surface area contributed by atoms with Gasteiger partial charge in [-0.2, -0.15) is 0 Å². The van der Waals surface area contributed by atoms with Crippen molar-refractivity contribution < 1.29 is 52.3 Å². The standard InChI is InChI=1S/C56H101NO11/c1-7-12-16-20-24-30-46-63-54(64-47-31-25-21-17-13-8-2)41-39-52(58)61-44-34-28-37-51(68-56(60)67-50-36-43-57(6)11-5)38-29-35-45-62-53(59)40-42-55(65-48-32-26-22-18-14-9-3)66-49-33-27-23-19-15-10-4/h12-19,51,54-55H,7-11,20-50H2,1-6H3/b16-12-,17-13-,18-14-,19-15-. The SMILES string of the molecule is CC/C=C\CCCCOC(CCC(=O)OCCCCC(CCCCOC(=O)CCC(OCCCC/C=C\CC)OCCCC/C=C\CC)OC(=O)OCCCN(C)CC)OCCCC/C=C\CC. The number of nitrogens with zero attached hydrogens (tertiary/aromatic N) is 1. The van der Waals surface area contributed by atoms with Gasteiger partial charge in [-0.25, -0.2) is 4.79 Å². The molecule has 0 radical (unpaired) electrons. The van der Waals surface area contributed by atoms with Gasteiger partial charge in [-0.3, -0.25) is 9.59 Å². The third-order valence-electron chi connectivity index (χ3n) is 11.1. The van der Waals surface area contributed by atoms with E-state index in [1.54, 1.807) is 0 Å². The van der Waals surface area contributed by atoms with Gasteiger partial charge in [0.25, 0.3) is 0 Å². The molecule has 0 heterocycles. The van der Waals surface area contributed by atoms with Crippen LogP contribution in [0.3, 0.4) is 0 Å². The molecule has 12 heteroatoms. The van der Waals surface area contributed by atoms with Crippen LogP contribution in [0.5, 0.6) is 0 Å². The van der Waals surface area contributed by atoms with E-state index < -0.39 is 18.7 Å². The van der Waals surface area contributed by atoms with Crippen molar-refractivity contribution in [2.45, 2.75) is 227 Å². The maximum Gasteiger partial charge on any atom is 0.508 e. The van der Waals surface area contributed by atoms with Crippen LogP contribution < -0.4 is 0 Å². The van der Waals surface area contributed by atoms with Gasteiger partial charge in [-0.05, 0) is 161 Å². The highest BCUT2D eigenvalue weighted by Crippen LogP contribution is 2.16. The summed E-state index contributed by atoms with van der Waals surface area (Å²) >= 11 is 0. The van der Waals surface area contributed by atoms with E-state index in [0.29, 0.717) is 77.8 Å². The molecule has 0 aliphatic carbocycles. The van der Waals surface area contributed by atoms with Crippen molar-refractivity contribution in [3.05, 3.63) is 48.6 Å². The lowest BCUT2D eigenvalue weighted by Crippen LogP contribution is -2.23. The first-order chi connectivity index (χ1) is 33.3. The molecule has 396 valence electrons. The minimum atomic E-state index is -0.673. The third kappa shape index (κ3) is 46.7. The molecule has 0 fully saturated rings. The van der Waals surface area contributed by atoms with Crippen molar-refractivity contribution in [1.29, 1.82) is 0 Å². The van der Waals surface area contributed by atoms with Crippen molar-refractivity contribution in [2.75, 3.05) is 66.4 Å². The fourth-order valence-electron chi connectivity index (χ4n) is 6.90. The molecule has 0 aliphatic heterocycles. The normalized spacial score (nSPS) is 12.1. The average Bonchev–Trinajstić information content (AvgIpc) is 3.33. The molecule has 0 amide bonds. The number of unbranched alkanes of at least 4 members (excludes halogenated alkanes) is 10. The van der Waals surface area contributed by atoms with Crippen molar-refractivity contribution in [1.82, 2.24) is 4.90 Å². The highest BCUT2D eigenvalue weighted by Gasteiger charge is 2.18. The number of rotatable bonds is 50. The Hall–Kier alpha value is -3.03. The Balaban J connectivity index is 4.94. The molecule has 0 aromatic rings. The van der Waals surface area contributed by atoms with Gasteiger partial charge in [0.15, 0.2) is 12.6 Å². The minimum Gasteiger partial charge on any atom is -0.466 e. The maximum absolute atomic E-state index is 12.7. The molecule has 0 N–H and O–H groups in total. The van der Waals surface area contributed by atoms with E-state index in [1.165, 1.54) is 0 Å². The second kappa shape index (κ2) is 51.8. The number of carbonyl (C=O) groups excluding carboxylic acids is 3. The number of allylic oxidation sites excluding steroid dienone is 8. The van der Waals surface area contributed by atoms with Gasteiger partial charge in [0.05, 0.1) is 32.7 Å². The Morgan fingerprint density at radius 1 is 0.412 bits per heavy atom.